The van der Waals surface area contributed by atoms with E-state index in [0.29, 0.717) is 12.6 Å². The lowest BCUT2D eigenvalue weighted by atomic mass is 9.88. The van der Waals surface area contributed by atoms with Crippen LogP contribution in [0.5, 0.6) is 0 Å². The molecule has 2 aliphatic rings. The molecule has 0 bridgehead atoms. The first-order valence-corrected chi connectivity index (χ1v) is 6.92. The molecule has 1 saturated carbocycles. The Morgan fingerprint density at radius 2 is 2.00 bits per heavy atom. The van der Waals surface area contributed by atoms with Crippen LogP contribution < -0.4 is 11.1 Å². The zero-order valence-corrected chi connectivity index (χ0v) is 10.9. The number of nitrogens with two attached hydrogens (primary N) is 1. The van der Waals surface area contributed by atoms with Crippen molar-refractivity contribution in [2.24, 2.45) is 5.73 Å². The Labute approximate surface area is 104 Å². The van der Waals surface area contributed by atoms with Crippen LogP contribution in [0.15, 0.2) is 0 Å². The van der Waals surface area contributed by atoms with Crippen LogP contribution in [0.2, 0.25) is 0 Å². The number of nitrogens with zero attached hydrogens (tertiary/aromatic N) is 1. The molecule has 0 unspecified atom stereocenters. The summed E-state index contributed by atoms with van der Waals surface area (Å²) in [6.07, 6.45) is 7.15. The normalized spacial score (nSPS) is 25.3. The van der Waals surface area contributed by atoms with E-state index in [4.69, 9.17) is 5.73 Å². The molecule has 0 atom stereocenters. The summed E-state index contributed by atoms with van der Waals surface area (Å²) in [4.78, 5) is 14.0. The van der Waals surface area contributed by atoms with Gasteiger partial charge >= 0.3 is 0 Å². The molecule has 2 fully saturated rings. The molecule has 3 N–H and O–H groups in total. The van der Waals surface area contributed by atoms with Gasteiger partial charge < -0.3 is 11.1 Å². The molecule has 2 rings (SSSR count). The second-order valence-electron chi connectivity index (χ2n) is 5.76. The number of likely N-dealkylation sites (tertiary alicyclic amines) is 1. The highest BCUT2D eigenvalue weighted by atomic mass is 16.2. The van der Waals surface area contributed by atoms with E-state index in [0.717, 1.165) is 32.4 Å². The van der Waals surface area contributed by atoms with Gasteiger partial charge in [-0.15, -0.1) is 0 Å². The summed E-state index contributed by atoms with van der Waals surface area (Å²) in [5.74, 6) is 0.176. The number of nitrogens with one attached hydrogen (secondary N) is 1. The van der Waals surface area contributed by atoms with Crippen LogP contribution in [-0.4, -0.2) is 42.0 Å². The Kier molecular flexibility index (Phi) is 4.05. The van der Waals surface area contributed by atoms with Gasteiger partial charge in [-0.3, -0.25) is 9.69 Å². The maximum Gasteiger partial charge on any atom is 0.234 e. The number of hydrogen-bond donors (Lipinski definition) is 2. The largest absolute Gasteiger partial charge is 0.352 e. The van der Waals surface area contributed by atoms with Gasteiger partial charge in [0.25, 0.3) is 0 Å². The van der Waals surface area contributed by atoms with E-state index in [1.54, 1.807) is 0 Å². The summed E-state index contributed by atoms with van der Waals surface area (Å²) < 4.78 is 0. The van der Waals surface area contributed by atoms with E-state index in [1.807, 2.05) is 0 Å². The van der Waals surface area contributed by atoms with Crippen LogP contribution in [0.25, 0.3) is 0 Å². The number of carbonyl (C=O) groups is 1. The third-order valence-corrected chi connectivity index (χ3v) is 4.12. The Morgan fingerprint density at radius 1 is 1.35 bits per heavy atom. The van der Waals surface area contributed by atoms with Crippen molar-refractivity contribution >= 4 is 5.91 Å². The lowest BCUT2D eigenvalue weighted by Gasteiger charge is -2.47. The zero-order chi connectivity index (χ0) is 12.3. The molecule has 1 amide bonds. The Hall–Kier alpha value is -0.610. The van der Waals surface area contributed by atoms with E-state index in [2.05, 4.69) is 17.1 Å². The van der Waals surface area contributed by atoms with Crippen molar-refractivity contribution in [2.45, 2.75) is 57.0 Å². The molecule has 1 saturated heterocycles. The molecule has 17 heavy (non-hydrogen) atoms. The van der Waals surface area contributed by atoms with E-state index in [9.17, 15) is 4.79 Å². The lowest BCUT2D eigenvalue weighted by molar-refractivity contribution is -0.125. The number of hydrogen-bond acceptors (Lipinski definition) is 3. The topological polar surface area (TPSA) is 58.4 Å². The fraction of sp³-hybridized carbons (Fsp3) is 0.923. The molecule has 0 aromatic rings. The summed E-state index contributed by atoms with van der Waals surface area (Å²) in [5, 5.41) is 3.14. The third kappa shape index (κ3) is 3.42. The summed E-state index contributed by atoms with van der Waals surface area (Å²) in [6.45, 7) is 4.36. The van der Waals surface area contributed by atoms with Gasteiger partial charge in [0.05, 0.1) is 6.54 Å². The number of carbonyl (C=O) groups excluding carboxylic acids is 1. The first-order valence-electron chi connectivity index (χ1n) is 6.92. The van der Waals surface area contributed by atoms with Crippen molar-refractivity contribution in [3.05, 3.63) is 0 Å². The Bertz CT molecular complexity index is 268. The molecule has 1 aliphatic carbocycles. The third-order valence-electron chi connectivity index (χ3n) is 4.12. The summed E-state index contributed by atoms with van der Waals surface area (Å²) in [6, 6.07) is 0.423. The maximum absolute atomic E-state index is 11.8. The Morgan fingerprint density at radius 3 is 2.59 bits per heavy atom. The van der Waals surface area contributed by atoms with Gasteiger partial charge in [0.1, 0.15) is 0 Å². The molecule has 98 valence electrons. The number of amides is 1. The molecular formula is C13H25N3O. The average molecular weight is 239 g/mol. The van der Waals surface area contributed by atoms with Crippen LogP contribution in [0.3, 0.4) is 0 Å². The summed E-state index contributed by atoms with van der Waals surface area (Å²) in [7, 11) is 0. The smallest absolute Gasteiger partial charge is 0.234 e. The second kappa shape index (κ2) is 5.36. The summed E-state index contributed by atoms with van der Waals surface area (Å²) >= 11 is 0. The van der Waals surface area contributed by atoms with Crippen LogP contribution in [0.1, 0.15) is 45.4 Å². The van der Waals surface area contributed by atoms with Crippen LogP contribution in [-0.2, 0) is 4.79 Å². The highest BCUT2D eigenvalue weighted by Crippen LogP contribution is 2.21. The van der Waals surface area contributed by atoms with E-state index in [-0.39, 0.29) is 11.4 Å². The fourth-order valence-electron chi connectivity index (χ4n) is 2.90. The van der Waals surface area contributed by atoms with Crippen LogP contribution in [0.4, 0.5) is 0 Å². The van der Waals surface area contributed by atoms with Crippen molar-refractivity contribution in [1.82, 2.24) is 10.2 Å². The summed E-state index contributed by atoms with van der Waals surface area (Å²) in [5.41, 5.74) is 6.04. The van der Waals surface area contributed by atoms with E-state index in [1.165, 1.54) is 19.3 Å². The highest BCUT2D eigenvalue weighted by molar-refractivity contribution is 5.78. The predicted molar refractivity (Wildman–Crippen MR) is 68.7 cm³/mol. The van der Waals surface area contributed by atoms with Crippen LogP contribution >= 0.6 is 0 Å². The van der Waals surface area contributed by atoms with Crippen molar-refractivity contribution in [3.63, 3.8) is 0 Å². The van der Waals surface area contributed by atoms with Crippen molar-refractivity contribution in [1.29, 1.82) is 0 Å². The molecular weight excluding hydrogens is 214 g/mol. The lowest BCUT2D eigenvalue weighted by Crippen LogP contribution is -2.68. The minimum Gasteiger partial charge on any atom is -0.352 e. The first-order chi connectivity index (χ1) is 8.11. The van der Waals surface area contributed by atoms with Gasteiger partial charge in [0, 0.05) is 24.7 Å². The van der Waals surface area contributed by atoms with Crippen molar-refractivity contribution < 1.29 is 4.79 Å². The number of rotatable bonds is 4. The first kappa shape index (κ1) is 12.8. The SMILES string of the molecule is CCC1(N)CN(CC(=O)NC2CCCCC2)C1. The molecule has 0 aromatic carbocycles. The van der Waals surface area contributed by atoms with E-state index < -0.39 is 0 Å². The molecule has 0 spiro atoms. The second-order valence-corrected chi connectivity index (χ2v) is 5.76. The minimum absolute atomic E-state index is 0.0366. The molecule has 4 nitrogen and oxygen atoms in total. The molecule has 4 heteroatoms. The van der Waals surface area contributed by atoms with Gasteiger partial charge in [-0.25, -0.2) is 0 Å². The molecule has 1 heterocycles. The average Bonchev–Trinajstić information content (AvgIpc) is 2.28. The standard InChI is InChI=1S/C13H25N3O/c1-2-13(14)9-16(10-13)8-12(17)15-11-6-4-3-5-7-11/h11H,2-10,14H2,1H3,(H,15,17). The van der Waals surface area contributed by atoms with Gasteiger partial charge in [-0.2, -0.15) is 0 Å². The predicted octanol–water partition coefficient (Wildman–Crippen LogP) is 0.858. The molecule has 0 aromatic heterocycles. The Balaban J connectivity index is 1.65. The molecule has 0 radical (unpaired) electrons. The highest BCUT2D eigenvalue weighted by Gasteiger charge is 2.38. The maximum atomic E-state index is 11.8. The van der Waals surface area contributed by atoms with Crippen LogP contribution in [0, 0.1) is 0 Å². The monoisotopic (exact) mass is 239 g/mol. The zero-order valence-electron chi connectivity index (χ0n) is 10.9. The van der Waals surface area contributed by atoms with Gasteiger partial charge in [0.15, 0.2) is 0 Å². The van der Waals surface area contributed by atoms with Gasteiger partial charge in [-0.05, 0) is 19.3 Å². The van der Waals surface area contributed by atoms with Crippen molar-refractivity contribution in [2.75, 3.05) is 19.6 Å². The fourth-order valence-corrected chi connectivity index (χ4v) is 2.90. The van der Waals surface area contributed by atoms with Crippen molar-refractivity contribution in [3.8, 4) is 0 Å². The van der Waals surface area contributed by atoms with Gasteiger partial charge in [-0.1, -0.05) is 26.2 Å². The van der Waals surface area contributed by atoms with Gasteiger partial charge in [0.2, 0.25) is 5.91 Å². The quantitative estimate of drug-likeness (QED) is 0.765. The minimum atomic E-state index is -0.0366. The molecule has 1 aliphatic heterocycles. The van der Waals surface area contributed by atoms with E-state index >= 15 is 0 Å².